The molecule has 0 heterocycles. The first kappa shape index (κ1) is 15.1. The van der Waals surface area contributed by atoms with E-state index in [-0.39, 0.29) is 24.5 Å². The number of nitrogens with zero attached hydrogens (tertiary/aromatic N) is 1. The molecule has 0 spiro atoms. The van der Waals surface area contributed by atoms with Crippen LogP contribution in [0.2, 0.25) is 0 Å². The van der Waals surface area contributed by atoms with Crippen molar-refractivity contribution < 1.29 is 44.8 Å². The fourth-order valence-electron chi connectivity index (χ4n) is 0.145. The van der Waals surface area contributed by atoms with Crippen LogP contribution in [-0.2, 0) is 18.4 Å². The molecule has 0 unspecified atom stereocenters. The Morgan fingerprint density at radius 3 is 1.33 bits per heavy atom. The number of hydrogen-bond acceptors (Lipinski definition) is 6. The van der Waals surface area contributed by atoms with E-state index in [2.05, 4.69) is 22.6 Å². The molecule has 0 bridgehead atoms. The minimum atomic E-state index is -5.03. The molecule has 5 nitrogen and oxygen atoms in total. The van der Waals surface area contributed by atoms with Gasteiger partial charge in [0.25, 0.3) is 0 Å². The highest BCUT2D eigenvalue weighted by Crippen LogP contribution is 2.30. The Labute approximate surface area is 86.9 Å². The minimum Gasteiger partial charge on any atom is -0.495 e. The zero-order valence-electron chi connectivity index (χ0n) is 6.16. The van der Waals surface area contributed by atoms with Gasteiger partial charge in [0.15, 0.2) is 0 Å². The van der Waals surface area contributed by atoms with Crippen LogP contribution in [0.25, 0.3) is 4.13 Å². The Morgan fingerprint density at radius 2 is 1.07 bits per heavy atom. The van der Waals surface area contributed by atoms with Crippen molar-refractivity contribution in [3.63, 3.8) is 0 Å². The van der Waals surface area contributed by atoms with E-state index >= 15 is 0 Å². The molecule has 0 fully saturated rings. The molecule has 0 saturated carbocycles. The third-order valence-corrected chi connectivity index (χ3v) is 1.12. The number of hydrogen-bond donors (Lipinski definition) is 0. The lowest BCUT2D eigenvalue weighted by Crippen LogP contribution is -2.11. The van der Waals surface area contributed by atoms with E-state index in [0.29, 0.717) is 0 Å². The summed E-state index contributed by atoms with van der Waals surface area (Å²) >= 11 is -0.592. The summed E-state index contributed by atoms with van der Waals surface area (Å²) in [5, 5.41) is 0. The van der Waals surface area contributed by atoms with Crippen molar-refractivity contribution in [2.45, 2.75) is 12.7 Å². The van der Waals surface area contributed by atoms with Crippen LogP contribution in [0.4, 0.5) is 26.3 Å². The Morgan fingerprint density at radius 1 is 0.733 bits per heavy atom. The maximum atomic E-state index is 11.2. The van der Waals surface area contributed by atoms with Crippen LogP contribution in [0.5, 0.6) is 0 Å². The minimum absolute atomic E-state index is 0.296. The molecular weight excluding hydrogens is 280 g/mol. The van der Waals surface area contributed by atoms with Gasteiger partial charge in [-0.25, -0.2) is 0 Å². The molecule has 0 aliphatic carbocycles. The highest BCUT2D eigenvalue weighted by atomic mass is 32.2. The van der Waals surface area contributed by atoms with E-state index in [4.69, 9.17) is 0 Å². The lowest BCUT2D eigenvalue weighted by molar-refractivity contribution is -0.440. The van der Waals surface area contributed by atoms with E-state index in [1.165, 1.54) is 0 Å². The molecule has 92 valence electrons. The van der Waals surface area contributed by atoms with Gasteiger partial charge in [0.2, 0.25) is 0 Å². The van der Waals surface area contributed by atoms with Gasteiger partial charge < -0.3 is 4.13 Å². The molecule has 0 atom stereocenters. The average molecular weight is 280 g/mol. The fraction of sp³-hybridized carbons (Fsp3) is 1.00. The zero-order chi connectivity index (χ0) is 11.9. The second-order valence-electron chi connectivity index (χ2n) is 1.42. The maximum Gasteiger partial charge on any atom is 0.550 e. The molecule has 0 saturated heterocycles. The molecule has 0 aliphatic heterocycles. The summed E-state index contributed by atoms with van der Waals surface area (Å²) in [6.07, 6.45) is -10.1. The summed E-state index contributed by atoms with van der Waals surface area (Å²) in [4.78, 5) is 5.43. The normalized spacial score (nSPS) is 13.2. The van der Waals surface area contributed by atoms with E-state index < -0.39 is 12.7 Å². The van der Waals surface area contributed by atoms with Gasteiger partial charge in [0.1, 0.15) is 0 Å². The maximum absolute atomic E-state index is 11.2. The molecular formula is C2F6NO4S2-. The molecule has 0 rings (SSSR count). The first-order valence-electron chi connectivity index (χ1n) is 2.57. The third-order valence-electron chi connectivity index (χ3n) is 0.379. The second-order valence-corrected chi connectivity index (χ2v) is 2.58. The largest absolute Gasteiger partial charge is 0.550 e. The number of rotatable bonds is 6. The smallest absolute Gasteiger partial charge is 0.495 e. The van der Waals surface area contributed by atoms with Crippen molar-refractivity contribution >= 4 is 24.5 Å². The highest BCUT2D eigenvalue weighted by molar-refractivity contribution is 8.15. The van der Waals surface area contributed by atoms with E-state index in [9.17, 15) is 26.3 Å². The predicted molar refractivity (Wildman–Crippen MR) is 35.0 cm³/mol. The predicted octanol–water partition coefficient (Wildman–Crippen LogP) is 3.42. The summed E-state index contributed by atoms with van der Waals surface area (Å²) in [7, 11) is 0. The average Bonchev–Trinajstić information content (AvgIpc) is 1.98. The van der Waals surface area contributed by atoms with E-state index in [0.717, 1.165) is 0 Å². The van der Waals surface area contributed by atoms with Gasteiger partial charge in [0, 0.05) is 0 Å². The van der Waals surface area contributed by atoms with Gasteiger partial charge in [-0.2, -0.15) is 8.67 Å². The molecule has 0 aromatic carbocycles. The van der Waals surface area contributed by atoms with Crippen LogP contribution in [0.3, 0.4) is 0 Å². The number of alkyl halides is 6. The van der Waals surface area contributed by atoms with Gasteiger partial charge >= 0.3 is 12.7 Å². The van der Waals surface area contributed by atoms with Crippen LogP contribution >= 0.6 is 24.5 Å². The molecule has 0 aromatic rings. The van der Waals surface area contributed by atoms with Crippen LogP contribution in [-0.4, -0.2) is 12.7 Å². The van der Waals surface area contributed by atoms with Gasteiger partial charge in [-0.15, -0.1) is 36.1 Å². The highest BCUT2D eigenvalue weighted by Gasteiger charge is 2.31. The summed E-state index contributed by atoms with van der Waals surface area (Å²) in [5.41, 5.74) is 0. The van der Waals surface area contributed by atoms with Crippen molar-refractivity contribution in [3.8, 4) is 0 Å². The fourth-order valence-corrected chi connectivity index (χ4v) is 0.658. The standard InChI is InChI=1S/C2F6NO4S2/c3-1(4,5)10-12-14-9-15-13-11-2(6,7)8/q-1. The van der Waals surface area contributed by atoms with Gasteiger partial charge in [0.05, 0.1) is 0 Å². The van der Waals surface area contributed by atoms with Gasteiger partial charge in [-0.1, -0.05) is 24.5 Å². The SMILES string of the molecule is FC(F)(F)OOS[N-]SOOC(F)(F)F. The Hall–Kier alpha value is 0.0800. The quantitative estimate of drug-likeness (QED) is 0.185. The molecule has 15 heavy (non-hydrogen) atoms. The van der Waals surface area contributed by atoms with Crippen LogP contribution in [0.1, 0.15) is 0 Å². The van der Waals surface area contributed by atoms with E-state index in [1.54, 1.807) is 0 Å². The molecule has 0 aliphatic rings. The van der Waals surface area contributed by atoms with Gasteiger partial charge in [-0.05, 0) is 0 Å². The van der Waals surface area contributed by atoms with Crippen molar-refractivity contribution in [3.05, 3.63) is 4.13 Å². The molecule has 0 N–H and O–H groups in total. The lowest BCUT2D eigenvalue weighted by atomic mass is 11.4. The lowest BCUT2D eigenvalue weighted by Gasteiger charge is -2.15. The molecule has 0 aromatic heterocycles. The third kappa shape index (κ3) is 14.1. The Bertz CT molecular complexity index is 155. The van der Waals surface area contributed by atoms with E-state index in [1.807, 2.05) is 0 Å². The first-order valence-corrected chi connectivity index (χ1v) is 3.97. The summed E-state index contributed by atoms with van der Waals surface area (Å²) in [5.74, 6) is 0. The second kappa shape index (κ2) is 6.62. The first-order chi connectivity index (χ1) is 6.71. The summed E-state index contributed by atoms with van der Waals surface area (Å²) < 4.78 is 76.4. The van der Waals surface area contributed by atoms with Crippen molar-refractivity contribution in [2.24, 2.45) is 0 Å². The number of halogens is 6. The Kier molecular flexibility index (Phi) is 6.65. The van der Waals surface area contributed by atoms with Crippen molar-refractivity contribution in [1.29, 1.82) is 0 Å². The van der Waals surface area contributed by atoms with Crippen LogP contribution in [0.15, 0.2) is 0 Å². The monoisotopic (exact) mass is 280 g/mol. The van der Waals surface area contributed by atoms with Crippen LogP contribution < -0.4 is 0 Å². The summed E-state index contributed by atoms with van der Waals surface area (Å²) in [6, 6.07) is 0. The van der Waals surface area contributed by atoms with Crippen molar-refractivity contribution in [1.82, 2.24) is 0 Å². The Balaban J connectivity index is 3.20. The van der Waals surface area contributed by atoms with Crippen molar-refractivity contribution in [2.75, 3.05) is 0 Å². The zero-order valence-corrected chi connectivity index (χ0v) is 7.80. The molecule has 0 radical (unpaired) electrons. The summed E-state index contributed by atoms with van der Waals surface area (Å²) in [6.45, 7) is 0. The molecule has 13 heteroatoms. The molecule has 0 amide bonds. The van der Waals surface area contributed by atoms with Gasteiger partial charge in [-0.3, -0.25) is 0 Å². The van der Waals surface area contributed by atoms with Crippen LogP contribution in [0, 0.1) is 0 Å². The topological polar surface area (TPSA) is 51.0 Å².